The fraction of sp³-hybridized carbons (Fsp3) is 1.00. The van der Waals surface area contributed by atoms with Gasteiger partial charge in [-0.1, -0.05) is 19.8 Å². The third kappa shape index (κ3) is 42.9. The van der Waals surface area contributed by atoms with Gasteiger partial charge in [-0.05, 0) is 13.0 Å². The minimum absolute atomic E-state index is 0.855. The highest BCUT2D eigenvalue weighted by Gasteiger charge is 1.83. The van der Waals surface area contributed by atoms with E-state index in [1.54, 1.807) is 0 Å². The van der Waals surface area contributed by atoms with Crippen molar-refractivity contribution in [3.8, 4) is 0 Å². The minimum Gasteiger partial charge on any atom is -0.392 e. The number of hydrogen-bond acceptors (Lipinski definition) is 4. The van der Waals surface area contributed by atoms with Gasteiger partial charge in [-0.3, -0.25) is 0 Å². The second kappa shape index (κ2) is 11.8. The monoisotopic (exact) mass is 167 g/mol. The molecule has 0 aromatic heterocycles. The maximum atomic E-state index is 7.31. The van der Waals surface area contributed by atoms with Gasteiger partial charge in [0.1, 0.15) is 0 Å². The molecule has 0 radical (unpaired) electrons. The Bertz CT molecular complexity index is 47.4. The molecule has 5 heteroatoms. The average molecular weight is 167 g/mol. The SMILES string of the molecule is CCCCCN.O[SiH](O)O. The molecule has 0 atom stereocenters. The zero-order valence-corrected chi connectivity index (χ0v) is 7.48. The van der Waals surface area contributed by atoms with Crippen LogP contribution in [0.15, 0.2) is 0 Å². The molecule has 0 unspecified atom stereocenters. The number of nitrogens with two attached hydrogens (primary N) is 1. The van der Waals surface area contributed by atoms with E-state index in [1.807, 2.05) is 0 Å². The first-order valence-corrected chi connectivity index (χ1v) is 4.94. The molecule has 0 aromatic carbocycles. The summed E-state index contributed by atoms with van der Waals surface area (Å²) in [5.41, 5.74) is 5.21. The molecule has 0 saturated heterocycles. The van der Waals surface area contributed by atoms with Crippen LogP contribution >= 0.6 is 0 Å². The normalized spacial score (nSPS) is 9.00. The van der Waals surface area contributed by atoms with Crippen LogP contribution in [0.1, 0.15) is 26.2 Å². The Morgan fingerprint density at radius 1 is 1.20 bits per heavy atom. The van der Waals surface area contributed by atoms with Crippen molar-refractivity contribution in [1.82, 2.24) is 0 Å². The Balaban J connectivity index is 0. The van der Waals surface area contributed by atoms with E-state index in [0.717, 1.165) is 6.54 Å². The van der Waals surface area contributed by atoms with Gasteiger partial charge in [-0.15, -0.1) is 0 Å². The summed E-state index contributed by atoms with van der Waals surface area (Å²) in [5.74, 6) is 0. The lowest BCUT2D eigenvalue weighted by molar-refractivity contribution is 0.278. The van der Waals surface area contributed by atoms with Crippen molar-refractivity contribution >= 4 is 9.53 Å². The van der Waals surface area contributed by atoms with Crippen molar-refractivity contribution in [3.05, 3.63) is 0 Å². The molecule has 0 fully saturated rings. The molecule has 64 valence electrons. The zero-order chi connectivity index (χ0) is 8.41. The highest BCUT2D eigenvalue weighted by Crippen LogP contribution is 1.88. The van der Waals surface area contributed by atoms with Crippen LogP contribution in [0.4, 0.5) is 0 Å². The van der Waals surface area contributed by atoms with Crippen LogP contribution in [0.3, 0.4) is 0 Å². The summed E-state index contributed by atoms with van der Waals surface area (Å²) in [5, 5.41) is 0. The van der Waals surface area contributed by atoms with Crippen LogP contribution in [0, 0.1) is 0 Å². The van der Waals surface area contributed by atoms with Gasteiger partial charge in [-0.25, -0.2) is 0 Å². The van der Waals surface area contributed by atoms with Crippen molar-refractivity contribution in [2.24, 2.45) is 5.73 Å². The number of unbranched alkanes of at least 4 members (excludes halogenated alkanes) is 2. The van der Waals surface area contributed by atoms with Gasteiger partial charge in [0.25, 0.3) is 0 Å². The van der Waals surface area contributed by atoms with Gasteiger partial charge in [0.05, 0.1) is 0 Å². The standard InChI is InChI=1S/C5H13N.H4O3Si/c1-2-3-4-5-6;1-4(2)3/h2-6H2,1H3;1-4H. The Labute approximate surface area is 63.3 Å². The number of rotatable bonds is 3. The van der Waals surface area contributed by atoms with Crippen molar-refractivity contribution in [1.29, 1.82) is 0 Å². The molecule has 0 bridgehead atoms. The van der Waals surface area contributed by atoms with Crippen LogP contribution in [0.2, 0.25) is 0 Å². The first kappa shape index (κ1) is 12.7. The Kier molecular flexibility index (Phi) is 15.0. The van der Waals surface area contributed by atoms with E-state index < -0.39 is 9.53 Å². The molecular formula is C5H17NO3Si. The summed E-state index contributed by atoms with van der Waals surface area (Å²) in [7, 11) is -3.14. The molecule has 0 saturated carbocycles. The van der Waals surface area contributed by atoms with E-state index >= 15 is 0 Å². The smallest absolute Gasteiger partial charge is 0.392 e. The maximum Gasteiger partial charge on any atom is 0.475 e. The van der Waals surface area contributed by atoms with Gasteiger partial charge in [0.2, 0.25) is 0 Å². The fourth-order valence-corrected chi connectivity index (χ4v) is 0.394. The van der Waals surface area contributed by atoms with Crippen molar-refractivity contribution in [2.45, 2.75) is 26.2 Å². The fourth-order valence-electron chi connectivity index (χ4n) is 0.394. The second-order valence-corrected chi connectivity index (χ2v) is 2.54. The molecule has 0 rings (SSSR count). The van der Waals surface area contributed by atoms with Gasteiger partial charge >= 0.3 is 9.53 Å². The molecule has 0 aromatic rings. The molecule has 0 heterocycles. The van der Waals surface area contributed by atoms with E-state index in [-0.39, 0.29) is 0 Å². The molecule has 0 aliphatic carbocycles. The van der Waals surface area contributed by atoms with Gasteiger partial charge in [0, 0.05) is 0 Å². The molecule has 0 aliphatic heterocycles. The topological polar surface area (TPSA) is 86.7 Å². The lowest BCUT2D eigenvalue weighted by atomic mass is 10.3. The van der Waals surface area contributed by atoms with E-state index in [4.69, 9.17) is 20.1 Å². The molecule has 0 amide bonds. The van der Waals surface area contributed by atoms with E-state index in [9.17, 15) is 0 Å². The maximum absolute atomic E-state index is 7.31. The average Bonchev–Trinajstić information content (AvgIpc) is 1.82. The largest absolute Gasteiger partial charge is 0.475 e. The predicted octanol–water partition coefficient (Wildman–Crippen LogP) is -1.18. The number of hydrogen-bond donors (Lipinski definition) is 4. The highest BCUT2D eigenvalue weighted by molar-refractivity contribution is 6.30. The van der Waals surface area contributed by atoms with E-state index in [0.29, 0.717) is 0 Å². The summed E-state index contributed by atoms with van der Waals surface area (Å²) in [6.07, 6.45) is 3.75. The van der Waals surface area contributed by atoms with Crippen LogP contribution in [0.25, 0.3) is 0 Å². The highest BCUT2D eigenvalue weighted by atomic mass is 28.3. The van der Waals surface area contributed by atoms with Gasteiger partial charge < -0.3 is 20.1 Å². The molecule has 5 N–H and O–H groups in total. The lowest BCUT2D eigenvalue weighted by Crippen LogP contribution is -2.07. The summed E-state index contributed by atoms with van der Waals surface area (Å²) in [6.45, 7) is 3.03. The molecule has 4 nitrogen and oxygen atoms in total. The van der Waals surface area contributed by atoms with Crippen LogP contribution in [0.5, 0.6) is 0 Å². The Hall–Kier alpha value is 0.0569. The molecular weight excluding hydrogens is 150 g/mol. The lowest BCUT2D eigenvalue weighted by Gasteiger charge is -1.86. The van der Waals surface area contributed by atoms with Crippen LogP contribution < -0.4 is 5.73 Å². The third-order valence-corrected chi connectivity index (χ3v) is 0.808. The first-order chi connectivity index (χ1) is 4.65. The van der Waals surface area contributed by atoms with Gasteiger partial charge in [0.15, 0.2) is 0 Å². The summed E-state index contributed by atoms with van der Waals surface area (Å²) >= 11 is 0. The molecule has 0 spiro atoms. The van der Waals surface area contributed by atoms with Gasteiger partial charge in [-0.2, -0.15) is 0 Å². The quantitative estimate of drug-likeness (QED) is 0.315. The minimum atomic E-state index is -3.14. The third-order valence-electron chi connectivity index (χ3n) is 0.808. The van der Waals surface area contributed by atoms with Crippen LogP contribution in [-0.2, 0) is 0 Å². The first-order valence-electron chi connectivity index (χ1n) is 3.39. The van der Waals surface area contributed by atoms with Crippen molar-refractivity contribution in [2.75, 3.05) is 6.54 Å². The summed E-state index contributed by atoms with van der Waals surface area (Å²) in [6, 6.07) is 0. The molecule has 10 heavy (non-hydrogen) atoms. The van der Waals surface area contributed by atoms with E-state index in [2.05, 4.69) is 6.92 Å². The zero-order valence-electron chi connectivity index (χ0n) is 6.32. The second-order valence-electron chi connectivity index (χ2n) is 1.84. The summed E-state index contributed by atoms with van der Waals surface area (Å²) in [4.78, 5) is 21.9. The van der Waals surface area contributed by atoms with Crippen LogP contribution in [-0.4, -0.2) is 30.5 Å². The predicted molar refractivity (Wildman–Crippen MR) is 42.4 cm³/mol. The van der Waals surface area contributed by atoms with E-state index in [1.165, 1.54) is 19.3 Å². The Morgan fingerprint density at radius 2 is 1.60 bits per heavy atom. The Morgan fingerprint density at radius 3 is 1.70 bits per heavy atom. The van der Waals surface area contributed by atoms with Crippen molar-refractivity contribution in [3.63, 3.8) is 0 Å². The molecule has 0 aliphatic rings. The summed E-state index contributed by atoms with van der Waals surface area (Å²) < 4.78 is 0. The van der Waals surface area contributed by atoms with Crippen molar-refractivity contribution < 1.29 is 14.4 Å².